The molecule has 0 saturated carbocycles. The zero-order valence-electron chi connectivity index (χ0n) is 12.2. The van der Waals surface area contributed by atoms with E-state index in [1.807, 2.05) is 24.3 Å². The third-order valence-corrected chi connectivity index (χ3v) is 3.70. The molecule has 1 aromatic carbocycles. The molecule has 1 aromatic heterocycles. The summed E-state index contributed by atoms with van der Waals surface area (Å²) in [6.07, 6.45) is 4.33. The zero-order chi connectivity index (χ0) is 15.4. The molecular weight excluding hydrogens is 282 g/mol. The lowest BCUT2D eigenvalue weighted by Gasteiger charge is -2.13. The Labute approximate surface area is 128 Å². The highest BCUT2D eigenvalue weighted by atomic mass is 16.5. The minimum atomic E-state index is -0.400. The van der Waals surface area contributed by atoms with Gasteiger partial charge in [0, 0.05) is 12.2 Å². The molecule has 116 valence electrons. The van der Waals surface area contributed by atoms with E-state index in [9.17, 15) is 4.79 Å². The third kappa shape index (κ3) is 3.49. The number of nitrogens with zero attached hydrogens (tertiary/aromatic N) is 3. The Morgan fingerprint density at radius 2 is 2.18 bits per heavy atom. The first-order valence-electron chi connectivity index (χ1n) is 7.32. The van der Waals surface area contributed by atoms with Crippen molar-refractivity contribution < 1.29 is 9.53 Å². The van der Waals surface area contributed by atoms with Crippen molar-refractivity contribution in [2.75, 3.05) is 11.9 Å². The van der Waals surface area contributed by atoms with Gasteiger partial charge in [0.05, 0.1) is 12.6 Å². The molecule has 2 aromatic rings. The van der Waals surface area contributed by atoms with E-state index in [0.29, 0.717) is 13.1 Å². The van der Waals surface area contributed by atoms with Crippen LogP contribution in [0.3, 0.4) is 0 Å². The third-order valence-electron chi connectivity index (χ3n) is 3.70. The Morgan fingerprint density at radius 1 is 1.36 bits per heavy atom. The van der Waals surface area contributed by atoms with Crippen LogP contribution >= 0.6 is 0 Å². The van der Waals surface area contributed by atoms with E-state index in [2.05, 4.69) is 15.4 Å². The summed E-state index contributed by atoms with van der Waals surface area (Å²) in [6.45, 7) is 1.11. The fourth-order valence-electron chi connectivity index (χ4n) is 2.49. The number of rotatable bonds is 5. The number of ether oxygens (including phenoxy) is 1. The van der Waals surface area contributed by atoms with Crippen molar-refractivity contribution in [1.82, 2.24) is 14.8 Å². The first kappa shape index (κ1) is 14.7. The number of hydrogen-bond donors (Lipinski definition) is 2. The van der Waals surface area contributed by atoms with Gasteiger partial charge in [-0.2, -0.15) is 5.10 Å². The molecule has 0 aliphatic carbocycles. The number of carbonyl (C=O) groups is 1. The smallest absolute Gasteiger partial charge is 0.253 e. The van der Waals surface area contributed by atoms with Crippen LogP contribution in [0.15, 0.2) is 36.9 Å². The SMILES string of the molecule is NC[C@H]1CC[C@@H](C(=O)Nc2ccc(Cn3cncn3)cc2)O1. The summed E-state index contributed by atoms with van der Waals surface area (Å²) in [5.74, 6) is -0.111. The fourth-order valence-corrected chi connectivity index (χ4v) is 2.49. The molecule has 7 nitrogen and oxygen atoms in total. The van der Waals surface area contributed by atoms with Crippen LogP contribution in [0.2, 0.25) is 0 Å². The van der Waals surface area contributed by atoms with Gasteiger partial charge >= 0.3 is 0 Å². The molecule has 0 spiro atoms. The van der Waals surface area contributed by atoms with Crippen molar-refractivity contribution in [3.8, 4) is 0 Å². The van der Waals surface area contributed by atoms with Crippen molar-refractivity contribution >= 4 is 11.6 Å². The van der Waals surface area contributed by atoms with Gasteiger partial charge in [0.25, 0.3) is 5.91 Å². The highest BCUT2D eigenvalue weighted by Gasteiger charge is 2.29. The van der Waals surface area contributed by atoms with Gasteiger partial charge in [-0.3, -0.25) is 4.79 Å². The summed E-state index contributed by atoms with van der Waals surface area (Å²) < 4.78 is 7.33. The lowest BCUT2D eigenvalue weighted by atomic mass is 10.1. The molecule has 2 atom stereocenters. The summed E-state index contributed by atoms with van der Waals surface area (Å²) in [6, 6.07) is 7.66. The van der Waals surface area contributed by atoms with Crippen LogP contribution < -0.4 is 11.1 Å². The Hall–Kier alpha value is -2.25. The monoisotopic (exact) mass is 301 g/mol. The highest BCUT2D eigenvalue weighted by Crippen LogP contribution is 2.20. The maximum absolute atomic E-state index is 12.1. The Bertz CT molecular complexity index is 611. The van der Waals surface area contributed by atoms with E-state index in [-0.39, 0.29) is 12.0 Å². The number of anilines is 1. The molecule has 0 radical (unpaired) electrons. The maximum Gasteiger partial charge on any atom is 0.253 e. The second kappa shape index (κ2) is 6.67. The highest BCUT2D eigenvalue weighted by molar-refractivity contribution is 5.94. The lowest BCUT2D eigenvalue weighted by Crippen LogP contribution is -2.29. The van der Waals surface area contributed by atoms with Crippen LogP contribution in [0.25, 0.3) is 0 Å². The Balaban J connectivity index is 1.55. The van der Waals surface area contributed by atoms with E-state index in [1.54, 1.807) is 11.0 Å². The van der Waals surface area contributed by atoms with Gasteiger partial charge in [-0.05, 0) is 30.5 Å². The summed E-state index contributed by atoms with van der Waals surface area (Å²) in [5, 5.41) is 6.93. The predicted molar refractivity (Wildman–Crippen MR) is 81.1 cm³/mol. The van der Waals surface area contributed by atoms with Crippen molar-refractivity contribution in [3.05, 3.63) is 42.5 Å². The largest absolute Gasteiger partial charge is 0.364 e. The van der Waals surface area contributed by atoms with Gasteiger partial charge in [0.2, 0.25) is 0 Å². The molecule has 1 aliphatic heterocycles. The van der Waals surface area contributed by atoms with Crippen molar-refractivity contribution in [2.24, 2.45) is 5.73 Å². The standard InChI is InChI=1S/C15H19N5O2/c16-7-13-5-6-14(22-13)15(21)19-12-3-1-11(2-4-12)8-20-10-17-9-18-20/h1-4,9-10,13-14H,5-8,16H2,(H,19,21)/t13-,14+/m1/s1. The summed E-state index contributed by atoms with van der Waals surface area (Å²) in [7, 11) is 0. The van der Waals surface area contributed by atoms with Crippen LogP contribution in [0.4, 0.5) is 5.69 Å². The minimum absolute atomic E-state index is 0.000746. The molecule has 0 bridgehead atoms. The van der Waals surface area contributed by atoms with Crippen molar-refractivity contribution in [2.45, 2.75) is 31.6 Å². The zero-order valence-corrected chi connectivity index (χ0v) is 12.2. The van der Waals surface area contributed by atoms with E-state index < -0.39 is 6.10 Å². The first-order chi connectivity index (χ1) is 10.7. The van der Waals surface area contributed by atoms with Crippen LogP contribution in [0, 0.1) is 0 Å². The molecule has 0 unspecified atom stereocenters. The summed E-state index contributed by atoms with van der Waals surface area (Å²) in [5.41, 5.74) is 7.40. The molecule has 22 heavy (non-hydrogen) atoms. The number of nitrogens with one attached hydrogen (secondary N) is 1. The molecule has 3 N–H and O–H groups in total. The predicted octanol–water partition coefficient (Wildman–Crippen LogP) is 0.771. The quantitative estimate of drug-likeness (QED) is 0.850. The van der Waals surface area contributed by atoms with Crippen molar-refractivity contribution in [3.63, 3.8) is 0 Å². The normalized spacial score (nSPS) is 21.0. The molecule has 1 saturated heterocycles. The molecule has 1 aliphatic rings. The second-order valence-corrected chi connectivity index (χ2v) is 5.34. The van der Waals surface area contributed by atoms with Crippen LogP contribution in [-0.2, 0) is 16.1 Å². The number of aromatic nitrogens is 3. The number of hydrogen-bond acceptors (Lipinski definition) is 5. The number of carbonyl (C=O) groups excluding carboxylic acids is 1. The van der Waals surface area contributed by atoms with Crippen LogP contribution in [-0.4, -0.2) is 39.4 Å². The molecule has 1 fully saturated rings. The first-order valence-corrected chi connectivity index (χ1v) is 7.32. The van der Waals surface area contributed by atoms with Gasteiger partial charge in [0.15, 0.2) is 0 Å². The van der Waals surface area contributed by atoms with Crippen molar-refractivity contribution in [1.29, 1.82) is 0 Å². The molecule has 7 heteroatoms. The average Bonchev–Trinajstić information content (AvgIpc) is 3.20. The number of nitrogens with two attached hydrogens (primary N) is 1. The topological polar surface area (TPSA) is 95.1 Å². The van der Waals surface area contributed by atoms with Gasteiger partial charge < -0.3 is 15.8 Å². The van der Waals surface area contributed by atoms with Crippen LogP contribution in [0.5, 0.6) is 0 Å². The van der Waals surface area contributed by atoms with Gasteiger partial charge in [-0.15, -0.1) is 0 Å². The van der Waals surface area contributed by atoms with E-state index in [0.717, 1.165) is 24.1 Å². The number of amides is 1. The van der Waals surface area contributed by atoms with Gasteiger partial charge in [-0.1, -0.05) is 12.1 Å². The molecule has 3 rings (SSSR count). The van der Waals surface area contributed by atoms with E-state index >= 15 is 0 Å². The van der Waals surface area contributed by atoms with E-state index in [1.165, 1.54) is 6.33 Å². The number of benzene rings is 1. The minimum Gasteiger partial charge on any atom is -0.364 e. The van der Waals surface area contributed by atoms with Gasteiger partial charge in [-0.25, -0.2) is 9.67 Å². The molecular formula is C15H19N5O2. The molecule has 2 heterocycles. The van der Waals surface area contributed by atoms with E-state index in [4.69, 9.17) is 10.5 Å². The fraction of sp³-hybridized carbons (Fsp3) is 0.400. The van der Waals surface area contributed by atoms with Gasteiger partial charge in [0.1, 0.15) is 18.8 Å². The Kier molecular flexibility index (Phi) is 4.45. The maximum atomic E-state index is 12.1. The average molecular weight is 301 g/mol. The van der Waals surface area contributed by atoms with Crippen LogP contribution in [0.1, 0.15) is 18.4 Å². The lowest BCUT2D eigenvalue weighted by molar-refractivity contribution is -0.126. The molecule has 1 amide bonds. The summed E-state index contributed by atoms with van der Waals surface area (Å²) >= 11 is 0. The second-order valence-electron chi connectivity index (χ2n) is 5.34. The Morgan fingerprint density at radius 3 is 2.82 bits per heavy atom. The summed E-state index contributed by atoms with van der Waals surface area (Å²) in [4.78, 5) is 16.0.